The van der Waals surface area contributed by atoms with Gasteiger partial charge in [-0.3, -0.25) is 9.59 Å². The summed E-state index contributed by atoms with van der Waals surface area (Å²) in [4.78, 5) is 24.2. The molecule has 0 aliphatic heterocycles. The number of hydrogen-bond acceptors (Lipinski definition) is 5. The first kappa shape index (κ1) is 22.0. The Balaban J connectivity index is 1.86. The lowest BCUT2D eigenvalue weighted by Crippen LogP contribution is -2.27. The maximum absolute atomic E-state index is 12.1. The lowest BCUT2D eigenvalue weighted by molar-refractivity contribution is -0.116. The van der Waals surface area contributed by atoms with Crippen LogP contribution < -0.4 is 10.0 Å². The molecule has 0 saturated heterocycles. The third kappa shape index (κ3) is 6.72. The average Bonchev–Trinajstić information content (AvgIpc) is 2.67. The van der Waals surface area contributed by atoms with Gasteiger partial charge in [0.15, 0.2) is 5.78 Å². The number of amides is 1. The summed E-state index contributed by atoms with van der Waals surface area (Å²) in [6.45, 7) is 0.432. The van der Waals surface area contributed by atoms with Crippen molar-refractivity contribution in [2.45, 2.75) is 17.7 Å². The number of nitrogens with one attached hydrogen (secondary N) is 2. The molecule has 0 aliphatic carbocycles. The molecule has 0 aromatic heterocycles. The second kappa shape index (κ2) is 10.3. The van der Waals surface area contributed by atoms with Crippen LogP contribution in [0.1, 0.15) is 23.2 Å². The summed E-state index contributed by atoms with van der Waals surface area (Å²) in [5.74, 6) is -0.494. The molecular weight excluding hydrogens is 404 g/mol. The molecule has 0 atom stereocenters. The van der Waals surface area contributed by atoms with E-state index in [0.717, 1.165) is 0 Å². The van der Waals surface area contributed by atoms with E-state index >= 15 is 0 Å². The van der Waals surface area contributed by atoms with Crippen molar-refractivity contribution in [3.8, 4) is 0 Å². The Bertz CT molecular complexity index is 912. The highest BCUT2D eigenvalue weighted by Crippen LogP contribution is 2.15. The van der Waals surface area contributed by atoms with Crippen molar-refractivity contribution in [1.29, 1.82) is 0 Å². The van der Waals surface area contributed by atoms with Gasteiger partial charge in [-0.1, -0.05) is 11.6 Å². The van der Waals surface area contributed by atoms with Crippen LogP contribution >= 0.6 is 11.6 Å². The Morgan fingerprint density at radius 2 is 1.64 bits per heavy atom. The molecule has 2 rings (SSSR count). The number of benzene rings is 2. The van der Waals surface area contributed by atoms with E-state index in [0.29, 0.717) is 16.3 Å². The Morgan fingerprint density at radius 1 is 1.00 bits per heavy atom. The van der Waals surface area contributed by atoms with E-state index in [1.807, 2.05) is 0 Å². The van der Waals surface area contributed by atoms with Crippen molar-refractivity contribution in [2.75, 3.05) is 25.6 Å². The van der Waals surface area contributed by atoms with Crippen LogP contribution in [0.5, 0.6) is 0 Å². The molecular formula is C19H21ClN2O5S. The number of ketones is 1. The van der Waals surface area contributed by atoms with Crippen molar-refractivity contribution in [2.24, 2.45) is 0 Å². The van der Waals surface area contributed by atoms with Crippen LogP contribution in [0.25, 0.3) is 0 Å². The van der Waals surface area contributed by atoms with Gasteiger partial charge in [0.2, 0.25) is 15.9 Å². The maximum Gasteiger partial charge on any atom is 0.240 e. The van der Waals surface area contributed by atoms with E-state index < -0.39 is 10.0 Å². The number of halogens is 1. The third-order valence-electron chi connectivity index (χ3n) is 3.79. The van der Waals surface area contributed by atoms with E-state index in [9.17, 15) is 18.0 Å². The molecule has 7 nitrogen and oxygen atoms in total. The van der Waals surface area contributed by atoms with Crippen molar-refractivity contribution in [3.63, 3.8) is 0 Å². The number of ether oxygens (including phenoxy) is 1. The van der Waals surface area contributed by atoms with Gasteiger partial charge in [0, 0.05) is 42.8 Å². The van der Waals surface area contributed by atoms with Gasteiger partial charge in [0.1, 0.15) is 0 Å². The molecule has 9 heteroatoms. The molecule has 0 bridgehead atoms. The molecule has 0 saturated carbocycles. The molecule has 0 aliphatic rings. The van der Waals surface area contributed by atoms with E-state index in [4.69, 9.17) is 16.3 Å². The van der Waals surface area contributed by atoms with Gasteiger partial charge in [-0.15, -0.1) is 0 Å². The number of hydrogen-bond donors (Lipinski definition) is 2. The third-order valence-corrected chi connectivity index (χ3v) is 5.52. The van der Waals surface area contributed by atoms with Crippen LogP contribution in [0.3, 0.4) is 0 Å². The maximum atomic E-state index is 12.1. The van der Waals surface area contributed by atoms with Crippen LogP contribution in [-0.4, -0.2) is 40.4 Å². The largest absolute Gasteiger partial charge is 0.383 e. The minimum Gasteiger partial charge on any atom is -0.383 e. The van der Waals surface area contributed by atoms with Gasteiger partial charge in [0.05, 0.1) is 11.5 Å². The number of carbonyl (C=O) groups excluding carboxylic acids is 2. The van der Waals surface area contributed by atoms with Crippen LogP contribution in [0, 0.1) is 0 Å². The molecule has 150 valence electrons. The summed E-state index contributed by atoms with van der Waals surface area (Å²) in [5.41, 5.74) is 0.938. The van der Waals surface area contributed by atoms with E-state index in [1.54, 1.807) is 24.3 Å². The van der Waals surface area contributed by atoms with E-state index in [2.05, 4.69) is 10.0 Å². The van der Waals surface area contributed by atoms with Crippen LogP contribution in [0.15, 0.2) is 53.4 Å². The Labute approximate surface area is 169 Å². The Hall–Kier alpha value is -2.26. The van der Waals surface area contributed by atoms with E-state index in [-0.39, 0.29) is 42.6 Å². The summed E-state index contributed by atoms with van der Waals surface area (Å²) >= 11 is 5.78. The molecule has 1 amide bonds. The zero-order chi connectivity index (χ0) is 20.6. The number of carbonyl (C=O) groups is 2. The fourth-order valence-corrected chi connectivity index (χ4v) is 3.45. The molecule has 0 unspecified atom stereocenters. The molecule has 2 N–H and O–H groups in total. The summed E-state index contributed by atoms with van der Waals surface area (Å²) in [6.07, 6.45) is 0.0728. The van der Waals surface area contributed by atoms with Crippen LogP contribution in [-0.2, 0) is 19.6 Å². The first-order chi connectivity index (χ1) is 13.3. The van der Waals surface area contributed by atoms with E-state index in [1.165, 1.54) is 31.4 Å². The van der Waals surface area contributed by atoms with Crippen LogP contribution in [0.2, 0.25) is 5.02 Å². The minimum absolute atomic E-state index is 0.0140. The van der Waals surface area contributed by atoms with Crippen molar-refractivity contribution < 1.29 is 22.7 Å². The fourth-order valence-electron chi connectivity index (χ4n) is 2.31. The standard InChI is InChI=1S/C19H21ClN2O5S/c1-27-13-12-21-28(25,26)17-8-6-16(7-9-17)22-19(24)11-10-18(23)14-2-4-15(20)5-3-14/h2-9,21H,10-13H2,1H3,(H,22,24). The number of methoxy groups -OCH3 is 1. The summed E-state index contributed by atoms with van der Waals surface area (Å²) < 4.78 is 31.4. The topological polar surface area (TPSA) is 102 Å². The zero-order valence-corrected chi connectivity index (χ0v) is 16.8. The van der Waals surface area contributed by atoms with Gasteiger partial charge in [0.25, 0.3) is 0 Å². The summed E-state index contributed by atoms with van der Waals surface area (Å²) in [7, 11) is -2.15. The average molecular weight is 425 g/mol. The highest BCUT2D eigenvalue weighted by atomic mass is 35.5. The SMILES string of the molecule is COCCNS(=O)(=O)c1ccc(NC(=O)CCC(=O)c2ccc(Cl)cc2)cc1. The zero-order valence-electron chi connectivity index (χ0n) is 15.3. The first-order valence-corrected chi connectivity index (χ1v) is 10.4. The molecule has 0 fully saturated rings. The molecule has 28 heavy (non-hydrogen) atoms. The van der Waals surface area contributed by atoms with Crippen molar-refractivity contribution in [1.82, 2.24) is 4.72 Å². The predicted molar refractivity (Wildman–Crippen MR) is 107 cm³/mol. The smallest absolute Gasteiger partial charge is 0.240 e. The lowest BCUT2D eigenvalue weighted by Gasteiger charge is -2.08. The van der Waals surface area contributed by atoms with Crippen molar-refractivity contribution >= 4 is 39.0 Å². The van der Waals surface area contributed by atoms with Gasteiger partial charge in [-0.05, 0) is 48.5 Å². The number of anilines is 1. The van der Waals surface area contributed by atoms with Crippen molar-refractivity contribution in [3.05, 3.63) is 59.1 Å². The number of sulfonamides is 1. The fraction of sp³-hybridized carbons (Fsp3) is 0.263. The first-order valence-electron chi connectivity index (χ1n) is 8.49. The lowest BCUT2D eigenvalue weighted by atomic mass is 10.1. The molecule has 0 heterocycles. The monoisotopic (exact) mass is 424 g/mol. The number of Topliss-reactive ketones (excluding diaryl/α,β-unsaturated/α-hetero) is 1. The second-order valence-corrected chi connectivity index (χ2v) is 8.10. The minimum atomic E-state index is -3.63. The molecule has 2 aromatic carbocycles. The molecule has 0 spiro atoms. The molecule has 0 radical (unpaired) electrons. The van der Waals surface area contributed by atoms with Gasteiger partial charge in [-0.2, -0.15) is 0 Å². The Kier molecular flexibility index (Phi) is 8.13. The quantitative estimate of drug-likeness (QED) is 0.451. The second-order valence-electron chi connectivity index (χ2n) is 5.89. The van der Waals surface area contributed by atoms with Gasteiger partial charge in [-0.25, -0.2) is 13.1 Å². The molecule has 2 aromatic rings. The normalized spacial score (nSPS) is 11.2. The summed E-state index contributed by atoms with van der Waals surface area (Å²) in [6, 6.07) is 12.2. The van der Waals surface area contributed by atoms with Crippen LogP contribution in [0.4, 0.5) is 5.69 Å². The highest BCUT2D eigenvalue weighted by molar-refractivity contribution is 7.89. The van der Waals surface area contributed by atoms with Gasteiger partial charge >= 0.3 is 0 Å². The van der Waals surface area contributed by atoms with Gasteiger partial charge < -0.3 is 10.1 Å². The Morgan fingerprint density at radius 3 is 2.25 bits per heavy atom. The highest BCUT2D eigenvalue weighted by Gasteiger charge is 2.14. The predicted octanol–water partition coefficient (Wildman–Crippen LogP) is 2.87. The number of rotatable bonds is 10. The summed E-state index contributed by atoms with van der Waals surface area (Å²) in [5, 5.41) is 3.18.